The van der Waals surface area contributed by atoms with Crippen molar-refractivity contribution < 1.29 is 4.42 Å². The van der Waals surface area contributed by atoms with Crippen molar-refractivity contribution in [3.05, 3.63) is 24.2 Å². The summed E-state index contributed by atoms with van der Waals surface area (Å²) < 4.78 is 5.09. The number of nitrogen functional groups attached to an aromatic ring is 1. The summed E-state index contributed by atoms with van der Waals surface area (Å²) in [6.45, 7) is 1.84. The Balaban J connectivity index is 2.54. The molecule has 0 aliphatic carbocycles. The van der Waals surface area contributed by atoms with E-state index in [0.29, 0.717) is 0 Å². The number of aromatic nitrogens is 2. The lowest BCUT2D eigenvalue weighted by Gasteiger charge is -1.88. The molecule has 0 saturated carbocycles. The van der Waals surface area contributed by atoms with Gasteiger partial charge in [0.2, 0.25) is 0 Å². The molecule has 0 fully saturated rings. The standard InChI is InChI=1S/C8H9N3O/c1-5-7(11-8(9)12-5)6-2-3-10-4-6/h2-4,10H,1H3,(H2,9,11). The maximum absolute atomic E-state index is 5.40. The van der Waals surface area contributed by atoms with Gasteiger partial charge in [0.1, 0.15) is 11.5 Å². The highest BCUT2D eigenvalue weighted by molar-refractivity contribution is 5.61. The van der Waals surface area contributed by atoms with Crippen LogP contribution >= 0.6 is 0 Å². The van der Waals surface area contributed by atoms with Gasteiger partial charge in [-0.05, 0) is 13.0 Å². The van der Waals surface area contributed by atoms with Crippen molar-refractivity contribution in [1.29, 1.82) is 0 Å². The average Bonchev–Trinajstić information content (AvgIpc) is 2.58. The third-order valence-corrected chi connectivity index (χ3v) is 1.68. The van der Waals surface area contributed by atoms with Crippen LogP contribution < -0.4 is 5.73 Å². The number of nitrogens with one attached hydrogen (secondary N) is 1. The molecule has 0 aliphatic heterocycles. The van der Waals surface area contributed by atoms with E-state index in [0.717, 1.165) is 17.0 Å². The summed E-state index contributed by atoms with van der Waals surface area (Å²) in [5, 5.41) is 0. The Labute approximate surface area is 69.4 Å². The number of aryl methyl sites for hydroxylation is 1. The molecule has 0 spiro atoms. The first-order chi connectivity index (χ1) is 5.77. The van der Waals surface area contributed by atoms with E-state index in [1.807, 2.05) is 25.4 Å². The van der Waals surface area contributed by atoms with Crippen LogP contribution in [0.2, 0.25) is 0 Å². The van der Waals surface area contributed by atoms with Crippen LogP contribution in [0.25, 0.3) is 11.3 Å². The zero-order valence-electron chi connectivity index (χ0n) is 6.66. The molecule has 12 heavy (non-hydrogen) atoms. The highest BCUT2D eigenvalue weighted by Crippen LogP contribution is 2.23. The van der Waals surface area contributed by atoms with E-state index >= 15 is 0 Å². The van der Waals surface area contributed by atoms with E-state index in [1.165, 1.54) is 0 Å². The number of nitrogens with zero attached hydrogens (tertiary/aromatic N) is 1. The molecule has 2 rings (SSSR count). The second-order valence-electron chi connectivity index (χ2n) is 2.56. The molecule has 4 nitrogen and oxygen atoms in total. The first kappa shape index (κ1) is 6.97. The second kappa shape index (κ2) is 2.41. The van der Waals surface area contributed by atoms with Crippen LogP contribution in [-0.2, 0) is 0 Å². The van der Waals surface area contributed by atoms with Crippen LogP contribution in [0, 0.1) is 6.92 Å². The Kier molecular flexibility index (Phi) is 1.40. The summed E-state index contributed by atoms with van der Waals surface area (Å²) in [6, 6.07) is 2.13. The van der Waals surface area contributed by atoms with Gasteiger partial charge in [0.15, 0.2) is 0 Å². The summed E-state index contributed by atoms with van der Waals surface area (Å²) in [5.41, 5.74) is 7.19. The molecule has 4 heteroatoms. The summed E-state index contributed by atoms with van der Waals surface area (Å²) in [5.74, 6) is 0.743. The second-order valence-corrected chi connectivity index (χ2v) is 2.56. The monoisotopic (exact) mass is 163 g/mol. The van der Waals surface area contributed by atoms with Gasteiger partial charge in [0.25, 0.3) is 6.01 Å². The normalized spacial score (nSPS) is 10.4. The molecule has 2 aromatic rings. The van der Waals surface area contributed by atoms with Crippen molar-refractivity contribution >= 4 is 6.01 Å². The topological polar surface area (TPSA) is 67.8 Å². The lowest BCUT2D eigenvalue weighted by molar-refractivity contribution is 0.549. The van der Waals surface area contributed by atoms with Crippen molar-refractivity contribution in [2.75, 3.05) is 5.73 Å². The highest BCUT2D eigenvalue weighted by Gasteiger charge is 2.08. The SMILES string of the molecule is Cc1oc(N)nc1-c1cc[nH]c1. The number of rotatable bonds is 1. The fourth-order valence-electron chi connectivity index (χ4n) is 1.16. The van der Waals surface area contributed by atoms with Crippen molar-refractivity contribution in [2.24, 2.45) is 0 Å². The number of anilines is 1. The van der Waals surface area contributed by atoms with E-state index in [4.69, 9.17) is 10.2 Å². The molecule has 3 N–H and O–H groups in total. The zero-order valence-corrected chi connectivity index (χ0v) is 6.66. The Morgan fingerprint density at radius 3 is 2.92 bits per heavy atom. The molecule has 2 heterocycles. The van der Waals surface area contributed by atoms with Crippen molar-refractivity contribution in [1.82, 2.24) is 9.97 Å². The predicted octanol–water partition coefficient (Wildman–Crippen LogP) is 1.56. The van der Waals surface area contributed by atoms with Gasteiger partial charge in [0.05, 0.1) is 0 Å². The van der Waals surface area contributed by atoms with Gasteiger partial charge in [-0.2, -0.15) is 4.98 Å². The Bertz CT molecular complexity index is 375. The number of aromatic amines is 1. The van der Waals surface area contributed by atoms with Crippen molar-refractivity contribution in [3.63, 3.8) is 0 Å². The third kappa shape index (κ3) is 0.972. The molecule has 0 aromatic carbocycles. The molecular formula is C8H9N3O. The quantitative estimate of drug-likeness (QED) is 0.670. The molecule has 0 atom stereocenters. The number of oxazole rings is 1. The Hall–Kier alpha value is -1.71. The molecule has 0 unspecified atom stereocenters. The molecule has 0 radical (unpaired) electrons. The van der Waals surface area contributed by atoms with E-state index < -0.39 is 0 Å². The van der Waals surface area contributed by atoms with Gasteiger partial charge >= 0.3 is 0 Å². The molecule has 0 bridgehead atoms. The fraction of sp³-hybridized carbons (Fsp3) is 0.125. The van der Waals surface area contributed by atoms with Crippen LogP contribution in [0.5, 0.6) is 0 Å². The minimum absolute atomic E-state index is 0.212. The fourth-order valence-corrected chi connectivity index (χ4v) is 1.16. The third-order valence-electron chi connectivity index (χ3n) is 1.68. The summed E-state index contributed by atoms with van der Waals surface area (Å²) in [7, 11) is 0. The molecular weight excluding hydrogens is 154 g/mol. The number of nitrogens with two attached hydrogens (primary N) is 1. The van der Waals surface area contributed by atoms with Gasteiger partial charge in [-0.15, -0.1) is 0 Å². The Morgan fingerprint density at radius 2 is 2.42 bits per heavy atom. The van der Waals surface area contributed by atoms with Crippen LogP contribution in [0.1, 0.15) is 5.76 Å². The molecule has 2 aromatic heterocycles. The van der Waals surface area contributed by atoms with Crippen molar-refractivity contribution in [2.45, 2.75) is 6.92 Å². The maximum Gasteiger partial charge on any atom is 0.292 e. The first-order valence-corrected chi connectivity index (χ1v) is 3.63. The van der Waals surface area contributed by atoms with Gasteiger partial charge in [-0.25, -0.2) is 0 Å². The molecule has 0 saturated heterocycles. The minimum atomic E-state index is 0.212. The smallest absolute Gasteiger partial charge is 0.292 e. The zero-order chi connectivity index (χ0) is 8.55. The maximum atomic E-state index is 5.40. The van der Waals surface area contributed by atoms with E-state index in [1.54, 1.807) is 0 Å². The largest absolute Gasteiger partial charge is 0.429 e. The molecule has 62 valence electrons. The molecule has 0 aliphatic rings. The van der Waals surface area contributed by atoms with Crippen molar-refractivity contribution in [3.8, 4) is 11.3 Å². The molecule has 0 amide bonds. The highest BCUT2D eigenvalue weighted by atomic mass is 16.4. The van der Waals surface area contributed by atoms with Gasteiger partial charge < -0.3 is 15.1 Å². The summed E-state index contributed by atoms with van der Waals surface area (Å²) in [4.78, 5) is 6.99. The van der Waals surface area contributed by atoms with E-state index in [-0.39, 0.29) is 6.01 Å². The van der Waals surface area contributed by atoms with Crippen LogP contribution in [0.4, 0.5) is 6.01 Å². The first-order valence-electron chi connectivity index (χ1n) is 3.63. The lowest BCUT2D eigenvalue weighted by atomic mass is 10.2. The van der Waals surface area contributed by atoms with Gasteiger partial charge in [0, 0.05) is 18.0 Å². The van der Waals surface area contributed by atoms with Gasteiger partial charge in [-0.1, -0.05) is 0 Å². The van der Waals surface area contributed by atoms with Crippen LogP contribution in [-0.4, -0.2) is 9.97 Å². The predicted molar refractivity (Wildman–Crippen MR) is 45.4 cm³/mol. The van der Waals surface area contributed by atoms with E-state index in [9.17, 15) is 0 Å². The number of hydrogen-bond acceptors (Lipinski definition) is 3. The number of hydrogen-bond donors (Lipinski definition) is 2. The average molecular weight is 163 g/mol. The van der Waals surface area contributed by atoms with Gasteiger partial charge in [-0.3, -0.25) is 0 Å². The summed E-state index contributed by atoms with van der Waals surface area (Å²) in [6.07, 6.45) is 3.68. The van der Waals surface area contributed by atoms with E-state index in [2.05, 4.69) is 9.97 Å². The Morgan fingerprint density at radius 1 is 1.58 bits per heavy atom. The lowest BCUT2D eigenvalue weighted by Crippen LogP contribution is -1.82. The van der Waals surface area contributed by atoms with Crippen LogP contribution in [0.15, 0.2) is 22.9 Å². The minimum Gasteiger partial charge on any atom is -0.429 e. The van der Waals surface area contributed by atoms with Crippen LogP contribution in [0.3, 0.4) is 0 Å². The summed E-state index contributed by atoms with van der Waals surface area (Å²) >= 11 is 0. The number of H-pyrrole nitrogens is 1.